The van der Waals surface area contributed by atoms with Crippen molar-refractivity contribution < 1.29 is 24.2 Å². The Morgan fingerprint density at radius 1 is 0.525 bits per heavy atom. The summed E-state index contributed by atoms with van der Waals surface area (Å²) in [7, 11) is 0. The molecule has 40 heavy (non-hydrogen) atoms. The first-order chi connectivity index (χ1) is 19.0. The van der Waals surface area contributed by atoms with Gasteiger partial charge in [0, 0.05) is 0 Å². The van der Waals surface area contributed by atoms with E-state index in [-0.39, 0.29) is 10.8 Å². The molecule has 0 fully saturated rings. The molecule has 200 valence electrons. The minimum Gasteiger partial charge on any atom is -0.214 e. The summed E-state index contributed by atoms with van der Waals surface area (Å²) in [6, 6.07) is 47.3. The molecule has 6 aromatic carbocycles. The van der Waals surface area contributed by atoms with Gasteiger partial charge in [0.1, 0.15) is 0 Å². The molecule has 0 aromatic heterocycles. The minimum absolute atomic E-state index is 0.194. The molecule has 0 bridgehead atoms. The zero-order valence-electron chi connectivity index (χ0n) is 24.7. The third-order valence-corrected chi connectivity index (χ3v) is 8.54. The van der Waals surface area contributed by atoms with Crippen LogP contribution in [0.15, 0.2) is 133 Å². The minimum atomic E-state index is 0.194. The van der Waals surface area contributed by atoms with E-state index in [1.54, 1.807) is 0 Å². The molecular weight excluding hydrogens is 560 g/mol. The molecule has 6 aromatic rings. The molecule has 0 aliphatic carbocycles. The summed E-state index contributed by atoms with van der Waals surface area (Å²) in [6.45, 7) is 13.7. The quantitative estimate of drug-likeness (QED) is 0.174. The summed E-state index contributed by atoms with van der Waals surface area (Å²) in [6.07, 6.45) is 0. The van der Waals surface area contributed by atoms with Gasteiger partial charge in [-0.2, -0.15) is 18.2 Å². The average Bonchev–Trinajstić information content (AvgIpc) is 3.64. The second-order valence-electron chi connectivity index (χ2n) is 12.3. The summed E-state index contributed by atoms with van der Waals surface area (Å²) in [5.41, 5.74) is 5.86. The van der Waals surface area contributed by atoms with E-state index in [0.717, 1.165) is 0 Å². The fourth-order valence-corrected chi connectivity index (χ4v) is 5.45. The molecule has 0 nitrogen and oxygen atoms in total. The van der Waals surface area contributed by atoms with Gasteiger partial charge in [-0.1, -0.05) is 76.9 Å². The molecule has 6 rings (SSSR count). The van der Waals surface area contributed by atoms with Gasteiger partial charge in [0.2, 0.25) is 0 Å². The Kier molecular flexibility index (Phi) is 9.70. The summed E-state index contributed by atoms with van der Waals surface area (Å²) in [5, 5.41) is 5.49. The van der Waals surface area contributed by atoms with Crippen LogP contribution in [0.2, 0.25) is 0 Å². The molecule has 0 unspecified atom stereocenters. The zero-order chi connectivity index (χ0) is 28.8. The van der Waals surface area contributed by atoms with E-state index in [1.807, 2.05) is 30.3 Å². The van der Waals surface area contributed by atoms with E-state index in [9.17, 15) is 0 Å². The Balaban J connectivity index is 0.000000166. The van der Waals surface area contributed by atoms with Crippen molar-refractivity contribution >= 4 is 24.8 Å². The van der Waals surface area contributed by atoms with Crippen LogP contribution >= 0.6 is 0 Å². The maximum atomic E-state index is 2.38. The van der Waals surface area contributed by atoms with Crippen molar-refractivity contribution in [3.05, 3.63) is 156 Å². The second-order valence-corrected chi connectivity index (χ2v) is 13.5. The van der Waals surface area contributed by atoms with Gasteiger partial charge >= 0.3 is 99.2 Å². The van der Waals surface area contributed by atoms with Crippen molar-refractivity contribution in [2.45, 2.75) is 52.4 Å². The Hall–Kier alpha value is -3.15. The molecular formula is C39H40Zr. The molecule has 0 spiro atoms. The first-order valence-electron chi connectivity index (χ1n) is 14.0. The standard InChI is InChI=1S/C21H25.C13H10.C5H5.Zr/c1-20(2,3)16-9-7-14-11-15-8-10-17(21(4,5)6)13-19(15)18(14)12-16;1-3-7-12(8-4-1)11-13-9-5-2-6-10-13;1-2-4-5-3-1;/h7-13H,1-6H3;1-10H;1-5H;/q-1;;-1;+2. The first-order valence-corrected chi connectivity index (χ1v) is 15.3. The van der Waals surface area contributed by atoms with Gasteiger partial charge in [0.05, 0.1) is 0 Å². The van der Waals surface area contributed by atoms with Crippen LogP contribution in [-0.2, 0) is 35.1 Å². The molecule has 0 N–H and O–H groups in total. The van der Waals surface area contributed by atoms with E-state index in [1.165, 1.54) is 71.2 Å². The number of rotatable bonds is 2. The van der Waals surface area contributed by atoms with E-state index in [0.29, 0.717) is 0 Å². The van der Waals surface area contributed by atoms with Crippen LogP contribution in [-0.4, -0.2) is 3.21 Å². The van der Waals surface area contributed by atoms with Crippen LogP contribution in [0.4, 0.5) is 0 Å². The van der Waals surface area contributed by atoms with Gasteiger partial charge in [0.25, 0.3) is 0 Å². The topological polar surface area (TPSA) is 0 Å². The van der Waals surface area contributed by atoms with Crippen LogP contribution in [0.5, 0.6) is 0 Å². The third kappa shape index (κ3) is 7.74. The predicted octanol–water partition coefficient (Wildman–Crippen LogP) is 10.5. The van der Waals surface area contributed by atoms with Crippen molar-refractivity contribution in [3.63, 3.8) is 0 Å². The normalized spacial score (nSPS) is 11.4. The van der Waals surface area contributed by atoms with Crippen LogP contribution in [0.1, 0.15) is 63.8 Å². The number of hydrogen-bond donors (Lipinski definition) is 0. The summed E-state index contributed by atoms with van der Waals surface area (Å²) in [5.74, 6) is 0. The first kappa shape index (κ1) is 29.8. The van der Waals surface area contributed by atoms with Crippen LogP contribution < -0.4 is 0 Å². The van der Waals surface area contributed by atoms with Gasteiger partial charge in [-0.05, 0) is 10.8 Å². The molecule has 0 atom stereocenters. The van der Waals surface area contributed by atoms with Gasteiger partial charge in [0.15, 0.2) is 0 Å². The second kappa shape index (κ2) is 13.0. The van der Waals surface area contributed by atoms with Crippen LogP contribution in [0, 0.1) is 0 Å². The zero-order valence-corrected chi connectivity index (χ0v) is 27.2. The Morgan fingerprint density at radius 3 is 1.25 bits per heavy atom. The summed E-state index contributed by atoms with van der Waals surface area (Å²) < 4.78 is 1.42. The number of fused-ring (bicyclic) bond motifs is 3. The molecule has 0 heterocycles. The van der Waals surface area contributed by atoms with Crippen molar-refractivity contribution in [1.29, 1.82) is 0 Å². The maximum absolute atomic E-state index is 2.38. The molecule has 0 aliphatic heterocycles. The maximum Gasteiger partial charge on any atom is -0.172 e. The van der Waals surface area contributed by atoms with Crippen molar-refractivity contribution in [2.75, 3.05) is 0 Å². The van der Waals surface area contributed by atoms with Crippen LogP contribution in [0.25, 0.3) is 21.5 Å². The fourth-order valence-electron chi connectivity index (χ4n) is 4.63. The van der Waals surface area contributed by atoms with E-state index < -0.39 is 0 Å². The molecule has 1 heteroatoms. The Morgan fingerprint density at radius 2 is 0.925 bits per heavy atom. The Labute approximate surface area is 255 Å². The monoisotopic (exact) mass is 598 g/mol. The summed E-state index contributed by atoms with van der Waals surface area (Å²) >= 11 is 1.46. The molecule has 0 amide bonds. The van der Waals surface area contributed by atoms with E-state index in [4.69, 9.17) is 0 Å². The molecule has 0 saturated heterocycles. The fraction of sp³-hybridized carbons (Fsp3) is 0.205. The van der Waals surface area contributed by atoms with Crippen molar-refractivity contribution in [1.82, 2.24) is 0 Å². The largest absolute Gasteiger partial charge is 0.214 e. The predicted molar refractivity (Wildman–Crippen MR) is 173 cm³/mol. The van der Waals surface area contributed by atoms with Crippen LogP contribution in [0.3, 0.4) is 0 Å². The molecule has 0 aliphatic rings. The molecule has 0 saturated carbocycles. The van der Waals surface area contributed by atoms with Gasteiger partial charge < -0.3 is 0 Å². The Bertz CT molecular complexity index is 1510. The third-order valence-electron chi connectivity index (χ3n) is 7.12. The smallest absolute Gasteiger partial charge is 0.172 e. The molecule has 0 radical (unpaired) electrons. The van der Waals surface area contributed by atoms with E-state index in [2.05, 4.69) is 145 Å². The number of benzene rings is 4. The van der Waals surface area contributed by atoms with Crippen molar-refractivity contribution in [3.8, 4) is 0 Å². The van der Waals surface area contributed by atoms with Gasteiger partial charge in [-0.3, -0.25) is 0 Å². The SMILES string of the molecule is CC(C)(C)c1ccc2[cH-]c3ccc(C(C)(C)C)cc3c2c1.[Zr+2]=[C](c1ccccc1)c1ccccc1.c1cc[cH-]c1. The average molecular weight is 600 g/mol. The van der Waals surface area contributed by atoms with Gasteiger partial charge in [-0.25, -0.2) is 12.1 Å². The van der Waals surface area contributed by atoms with Crippen molar-refractivity contribution in [2.24, 2.45) is 0 Å². The van der Waals surface area contributed by atoms with Gasteiger partial charge in [-0.15, -0.1) is 39.7 Å². The summed E-state index contributed by atoms with van der Waals surface area (Å²) in [4.78, 5) is 0. The number of hydrogen-bond acceptors (Lipinski definition) is 0. The van der Waals surface area contributed by atoms with E-state index >= 15 is 0 Å².